The minimum Gasteiger partial charge on any atom is -0.324 e. The fraction of sp³-hybridized carbons (Fsp3) is 0.562. The van der Waals surface area contributed by atoms with Gasteiger partial charge in [-0.25, -0.2) is 0 Å². The Morgan fingerprint density at radius 1 is 1.33 bits per heavy atom. The first-order valence-corrected chi connectivity index (χ1v) is 7.30. The average Bonchev–Trinajstić information content (AvgIpc) is 2.36. The Balaban J connectivity index is 0.00000220. The maximum Gasteiger partial charge on any atom is 0.238 e. The standard InChI is InChI=1S/C16H25N3O.ClH/c1-11-7-12(2)16(13(3)8-11)18-15(20)10-19-6-5-17-9-14(19)4;/h7-8,14,17H,5-6,9-10H2,1-4H3,(H,18,20);1H. The van der Waals surface area contributed by atoms with E-state index in [0.29, 0.717) is 12.6 Å². The highest BCUT2D eigenvalue weighted by atomic mass is 35.5. The first kappa shape index (κ1) is 18.0. The smallest absolute Gasteiger partial charge is 0.238 e. The number of amides is 1. The first-order chi connectivity index (χ1) is 9.47. The molecule has 1 amide bonds. The lowest BCUT2D eigenvalue weighted by Crippen LogP contribution is -2.52. The molecule has 4 nitrogen and oxygen atoms in total. The van der Waals surface area contributed by atoms with Crippen LogP contribution in [0.15, 0.2) is 12.1 Å². The molecule has 5 heteroatoms. The van der Waals surface area contributed by atoms with Gasteiger partial charge in [-0.3, -0.25) is 9.69 Å². The number of hydrogen-bond acceptors (Lipinski definition) is 3. The molecule has 1 fully saturated rings. The summed E-state index contributed by atoms with van der Waals surface area (Å²) in [6.07, 6.45) is 0. The topological polar surface area (TPSA) is 44.4 Å². The molecule has 118 valence electrons. The third kappa shape index (κ3) is 4.70. The molecule has 1 aliphatic heterocycles. The Morgan fingerprint density at radius 2 is 1.95 bits per heavy atom. The fourth-order valence-electron chi connectivity index (χ4n) is 2.86. The van der Waals surface area contributed by atoms with Gasteiger partial charge in [0.1, 0.15) is 0 Å². The monoisotopic (exact) mass is 311 g/mol. The normalized spacial score (nSPS) is 19.0. The highest BCUT2D eigenvalue weighted by Crippen LogP contribution is 2.21. The SMILES string of the molecule is Cc1cc(C)c(NC(=O)CN2CCNCC2C)c(C)c1.Cl. The Labute approximate surface area is 133 Å². The number of aryl methyl sites for hydroxylation is 3. The summed E-state index contributed by atoms with van der Waals surface area (Å²) in [4.78, 5) is 14.5. The molecule has 1 aromatic carbocycles. The minimum absolute atomic E-state index is 0. The van der Waals surface area contributed by atoms with E-state index in [1.807, 2.05) is 13.8 Å². The molecule has 21 heavy (non-hydrogen) atoms. The summed E-state index contributed by atoms with van der Waals surface area (Å²) < 4.78 is 0. The highest BCUT2D eigenvalue weighted by molar-refractivity contribution is 5.93. The van der Waals surface area contributed by atoms with Crippen LogP contribution in [0.1, 0.15) is 23.6 Å². The number of carbonyl (C=O) groups excluding carboxylic acids is 1. The van der Waals surface area contributed by atoms with Crippen LogP contribution in [0, 0.1) is 20.8 Å². The Kier molecular flexibility index (Phi) is 6.65. The third-order valence-corrected chi connectivity index (χ3v) is 3.93. The largest absolute Gasteiger partial charge is 0.324 e. The number of hydrogen-bond donors (Lipinski definition) is 2. The molecule has 0 saturated carbocycles. The molecule has 0 spiro atoms. The summed E-state index contributed by atoms with van der Waals surface area (Å²) in [5.74, 6) is 0.0776. The van der Waals surface area contributed by atoms with Gasteiger partial charge in [-0.15, -0.1) is 12.4 Å². The number of nitrogens with zero attached hydrogens (tertiary/aromatic N) is 1. The van der Waals surface area contributed by atoms with Gasteiger partial charge in [0.15, 0.2) is 0 Å². The van der Waals surface area contributed by atoms with Gasteiger partial charge < -0.3 is 10.6 Å². The second kappa shape index (κ2) is 7.78. The van der Waals surface area contributed by atoms with Crippen LogP contribution in [0.4, 0.5) is 5.69 Å². The number of rotatable bonds is 3. The van der Waals surface area contributed by atoms with Crippen LogP contribution < -0.4 is 10.6 Å². The molecule has 1 heterocycles. The number of carbonyl (C=O) groups is 1. The van der Waals surface area contributed by atoms with Crippen molar-refractivity contribution in [1.29, 1.82) is 0 Å². The molecular weight excluding hydrogens is 286 g/mol. The predicted molar refractivity (Wildman–Crippen MR) is 90.4 cm³/mol. The van der Waals surface area contributed by atoms with E-state index in [1.54, 1.807) is 0 Å². The van der Waals surface area contributed by atoms with Gasteiger partial charge in [-0.05, 0) is 38.8 Å². The lowest BCUT2D eigenvalue weighted by molar-refractivity contribution is -0.118. The zero-order chi connectivity index (χ0) is 14.7. The van der Waals surface area contributed by atoms with Crippen LogP contribution in [0.25, 0.3) is 0 Å². The van der Waals surface area contributed by atoms with Crippen molar-refractivity contribution < 1.29 is 4.79 Å². The van der Waals surface area contributed by atoms with E-state index < -0.39 is 0 Å². The van der Waals surface area contributed by atoms with Crippen LogP contribution >= 0.6 is 12.4 Å². The molecule has 1 aliphatic rings. The summed E-state index contributed by atoms with van der Waals surface area (Å²) in [7, 11) is 0. The third-order valence-electron chi connectivity index (χ3n) is 3.93. The molecule has 0 bridgehead atoms. The Bertz CT molecular complexity index is 481. The van der Waals surface area contributed by atoms with Crippen molar-refractivity contribution in [2.24, 2.45) is 0 Å². The molecule has 1 unspecified atom stereocenters. The molecule has 0 aliphatic carbocycles. The molecule has 1 atom stereocenters. The van der Waals surface area contributed by atoms with E-state index in [9.17, 15) is 4.79 Å². The van der Waals surface area contributed by atoms with Gasteiger partial charge in [0.2, 0.25) is 5.91 Å². The van der Waals surface area contributed by atoms with Gasteiger partial charge in [-0.2, -0.15) is 0 Å². The second-order valence-electron chi connectivity index (χ2n) is 5.85. The summed E-state index contributed by atoms with van der Waals surface area (Å²) in [6.45, 7) is 11.6. The van der Waals surface area contributed by atoms with Gasteiger partial charge >= 0.3 is 0 Å². The molecule has 2 rings (SSSR count). The number of halogens is 1. The Morgan fingerprint density at radius 3 is 2.52 bits per heavy atom. The maximum absolute atomic E-state index is 12.2. The first-order valence-electron chi connectivity index (χ1n) is 7.30. The van der Waals surface area contributed by atoms with Crippen LogP contribution in [-0.2, 0) is 4.79 Å². The van der Waals surface area contributed by atoms with Crippen LogP contribution in [0.2, 0.25) is 0 Å². The summed E-state index contributed by atoms with van der Waals surface area (Å²) >= 11 is 0. The number of nitrogens with one attached hydrogen (secondary N) is 2. The van der Waals surface area contributed by atoms with Crippen molar-refractivity contribution in [2.75, 3.05) is 31.5 Å². The minimum atomic E-state index is 0. The van der Waals surface area contributed by atoms with E-state index in [0.717, 1.165) is 36.4 Å². The number of anilines is 1. The molecule has 1 aromatic rings. The molecule has 0 aromatic heterocycles. The number of piperazine rings is 1. The summed E-state index contributed by atoms with van der Waals surface area (Å²) in [6, 6.07) is 4.63. The van der Waals surface area contributed by atoms with Gasteiger partial charge in [0.25, 0.3) is 0 Å². The Hall–Kier alpha value is -1.10. The van der Waals surface area contributed by atoms with E-state index in [2.05, 4.69) is 41.5 Å². The lowest BCUT2D eigenvalue weighted by atomic mass is 10.1. The van der Waals surface area contributed by atoms with Gasteiger partial charge in [0.05, 0.1) is 6.54 Å². The van der Waals surface area contributed by atoms with Crippen LogP contribution in [0.5, 0.6) is 0 Å². The molecular formula is C16H26ClN3O. The van der Waals surface area contributed by atoms with Gasteiger partial charge in [0, 0.05) is 31.4 Å². The average molecular weight is 312 g/mol. The van der Waals surface area contributed by atoms with Crippen molar-refractivity contribution in [2.45, 2.75) is 33.7 Å². The molecule has 1 saturated heterocycles. The van der Waals surface area contributed by atoms with Crippen molar-refractivity contribution in [3.63, 3.8) is 0 Å². The quantitative estimate of drug-likeness (QED) is 0.900. The van der Waals surface area contributed by atoms with E-state index in [1.165, 1.54) is 5.56 Å². The van der Waals surface area contributed by atoms with Crippen molar-refractivity contribution >= 4 is 24.0 Å². The van der Waals surface area contributed by atoms with Gasteiger partial charge in [-0.1, -0.05) is 17.7 Å². The van der Waals surface area contributed by atoms with E-state index >= 15 is 0 Å². The van der Waals surface area contributed by atoms with Crippen molar-refractivity contribution in [3.8, 4) is 0 Å². The van der Waals surface area contributed by atoms with Crippen molar-refractivity contribution in [3.05, 3.63) is 28.8 Å². The maximum atomic E-state index is 12.2. The van der Waals surface area contributed by atoms with Crippen molar-refractivity contribution in [1.82, 2.24) is 10.2 Å². The second-order valence-corrected chi connectivity index (χ2v) is 5.85. The highest BCUT2D eigenvalue weighted by Gasteiger charge is 2.20. The predicted octanol–water partition coefficient (Wildman–Crippen LogP) is 2.27. The van der Waals surface area contributed by atoms with Crippen LogP contribution in [0.3, 0.4) is 0 Å². The summed E-state index contributed by atoms with van der Waals surface area (Å²) in [5, 5.41) is 6.41. The lowest BCUT2D eigenvalue weighted by Gasteiger charge is -2.33. The van der Waals surface area contributed by atoms with E-state index in [4.69, 9.17) is 0 Å². The zero-order valence-electron chi connectivity index (χ0n) is 13.3. The molecule has 2 N–H and O–H groups in total. The van der Waals surface area contributed by atoms with Crippen LogP contribution in [-0.4, -0.2) is 43.0 Å². The fourth-order valence-corrected chi connectivity index (χ4v) is 2.86. The number of benzene rings is 1. The summed E-state index contributed by atoms with van der Waals surface area (Å²) in [5.41, 5.74) is 4.45. The van der Waals surface area contributed by atoms with E-state index in [-0.39, 0.29) is 18.3 Å². The zero-order valence-corrected chi connectivity index (χ0v) is 14.1. The molecule has 0 radical (unpaired) electrons.